The van der Waals surface area contributed by atoms with Crippen LogP contribution in [0.15, 0.2) is 53.1 Å². The third kappa shape index (κ3) is 3.67. The van der Waals surface area contributed by atoms with Crippen LogP contribution in [0.5, 0.6) is 5.75 Å². The Balaban J connectivity index is 1.29. The van der Waals surface area contributed by atoms with Gasteiger partial charge in [0.2, 0.25) is 5.82 Å². The first-order chi connectivity index (χ1) is 14.7. The standard InChI is InChI=1S/C21H18FN5O3/c1-13-2-4-14(5-3-13)18-10-27-17(11-29-18)20(24-26-27)21-23-19(30-25-21)12-28-16-8-6-15(22)7-9-16/h2-9,18H,10-12H2,1H3. The molecule has 0 amide bonds. The van der Waals surface area contributed by atoms with Crippen LogP contribution in [0.4, 0.5) is 4.39 Å². The van der Waals surface area contributed by atoms with Gasteiger partial charge in [0, 0.05) is 0 Å². The molecule has 0 spiro atoms. The molecule has 1 atom stereocenters. The Hall–Kier alpha value is -3.59. The van der Waals surface area contributed by atoms with E-state index in [0.717, 1.165) is 11.3 Å². The summed E-state index contributed by atoms with van der Waals surface area (Å²) in [6.45, 7) is 3.02. The van der Waals surface area contributed by atoms with Crippen LogP contribution in [-0.4, -0.2) is 25.1 Å². The van der Waals surface area contributed by atoms with Crippen molar-refractivity contribution >= 4 is 0 Å². The predicted octanol–water partition coefficient (Wildman–Crippen LogP) is 3.63. The highest BCUT2D eigenvalue weighted by Crippen LogP contribution is 2.30. The van der Waals surface area contributed by atoms with E-state index in [1.165, 1.54) is 29.8 Å². The summed E-state index contributed by atoms with van der Waals surface area (Å²) in [5.74, 6) is 0.788. The molecule has 4 aromatic rings. The van der Waals surface area contributed by atoms with Crippen LogP contribution in [0, 0.1) is 12.7 Å². The zero-order valence-corrected chi connectivity index (χ0v) is 16.2. The molecule has 0 N–H and O–H groups in total. The maximum atomic E-state index is 13.0. The first-order valence-electron chi connectivity index (χ1n) is 9.47. The number of rotatable bonds is 5. The highest BCUT2D eigenvalue weighted by molar-refractivity contribution is 5.51. The van der Waals surface area contributed by atoms with E-state index in [1.54, 1.807) is 0 Å². The van der Waals surface area contributed by atoms with Crippen LogP contribution < -0.4 is 4.74 Å². The number of hydrogen-bond acceptors (Lipinski definition) is 7. The number of benzene rings is 2. The van der Waals surface area contributed by atoms with Crippen molar-refractivity contribution in [1.29, 1.82) is 0 Å². The molecule has 0 saturated heterocycles. The molecule has 2 aromatic carbocycles. The molecule has 1 unspecified atom stereocenters. The number of halogens is 1. The molecule has 0 bridgehead atoms. The summed E-state index contributed by atoms with van der Waals surface area (Å²) in [6.07, 6.45) is -0.0856. The van der Waals surface area contributed by atoms with Gasteiger partial charge < -0.3 is 14.0 Å². The van der Waals surface area contributed by atoms with Crippen molar-refractivity contribution in [3.63, 3.8) is 0 Å². The fourth-order valence-electron chi connectivity index (χ4n) is 3.25. The summed E-state index contributed by atoms with van der Waals surface area (Å²) in [4.78, 5) is 4.33. The molecule has 30 heavy (non-hydrogen) atoms. The first-order valence-corrected chi connectivity index (χ1v) is 9.47. The van der Waals surface area contributed by atoms with Gasteiger partial charge in [-0.1, -0.05) is 40.2 Å². The van der Waals surface area contributed by atoms with Gasteiger partial charge >= 0.3 is 0 Å². The smallest absolute Gasteiger partial charge is 0.264 e. The third-order valence-corrected chi connectivity index (χ3v) is 4.90. The number of hydrogen-bond donors (Lipinski definition) is 0. The molecule has 5 rings (SSSR count). The van der Waals surface area contributed by atoms with Crippen LogP contribution in [0.3, 0.4) is 0 Å². The number of fused-ring (bicyclic) bond motifs is 1. The molecule has 0 fully saturated rings. The van der Waals surface area contributed by atoms with Gasteiger partial charge in [0.05, 0.1) is 18.8 Å². The van der Waals surface area contributed by atoms with E-state index < -0.39 is 0 Å². The van der Waals surface area contributed by atoms with Crippen molar-refractivity contribution in [2.75, 3.05) is 0 Å². The van der Waals surface area contributed by atoms with E-state index in [4.69, 9.17) is 14.0 Å². The van der Waals surface area contributed by atoms with Gasteiger partial charge in [-0.3, -0.25) is 0 Å². The molecular formula is C21H18FN5O3. The van der Waals surface area contributed by atoms with Crippen molar-refractivity contribution in [1.82, 2.24) is 25.1 Å². The topological polar surface area (TPSA) is 88.1 Å². The lowest BCUT2D eigenvalue weighted by Crippen LogP contribution is -2.22. The highest BCUT2D eigenvalue weighted by atomic mass is 19.1. The van der Waals surface area contributed by atoms with Gasteiger partial charge in [0.25, 0.3) is 5.89 Å². The van der Waals surface area contributed by atoms with Crippen LogP contribution >= 0.6 is 0 Å². The molecule has 0 aliphatic carbocycles. The van der Waals surface area contributed by atoms with Crippen LogP contribution in [-0.2, 0) is 24.5 Å². The minimum Gasteiger partial charge on any atom is -0.484 e. The molecular weight excluding hydrogens is 389 g/mol. The Kier molecular flexibility index (Phi) is 4.72. The molecule has 1 aliphatic heterocycles. The van der Waals surface area contributed by atoms with E-state index in [-0.39, 0.29) is 24.4 Å². The predicted molar refractivity (Wildman–Crippen MR) is 103 cm³/mol. The maximum Gasteiger partial charge on any atom is 0.264 e. The van der Waals surface area contributed by atoms with Crippen LogP contribution in [0.2, 0.25) is 0 Å². The molecule has 2 aromatic heterocycles. The molecule has 152 valence electrons. The summed E-state index contributed by atoms with van der Waals surface area (Å²) in [7, 11) is 0. The van der Waals surface area contributed by atoms with Gasteiger partial charge in [-0.05, 0) is 36.8 Å². The quantitative estimate of drug-likeness (QED) is 0.499. The molecule has 9 heteroatoms. The number of ether oxygens (including phenoxy) is 2. The Morgan fingerprint density at radius 2 is 1.93 bits per heavy atom. The summed E-state index contributed by atoms with van der Waals surface area (Å²) in [5, 5.41) is 12.4. The maximum absolute atomic E-state index is 13.0. The monoisotopic (exact) mass is 407 g/mol. The largest absolute Gasteiger partial charge is 0.484 e. The van der Waals surface area contributed by atoms with E-state index in [2.05, 4.69) is 51.6 Å². The highest BCUT2D eigenvalue weighted by Gasteiger charge is 2.27. The Labute approximate surface area is 171 Å². The zero-order chi connectivity index (χ0) is 20.5. The van der Waals surface area contributed by atoms with E-state index in [0.29, 0.717) is 30.4 Å². The van der Waals surface area contributed by atoms with Gasteiger partial charge in [0.15, 0.2) is 12.3 Å². The van der Waals surface area contributed by atoms with E-state index >= 15 is 0 Å². The molecule has 0 saturated carbocycles. The molecule has 8 nitrogen and oxygen atoms in total. The molecule has 0 radical (unpaired) electrons. The van der Waals surface area contributed by atoms with Crippen molar-refractivity contribution in [2.24, 2.45) is 0 Å². The zero-order valence-electron chi connectivity index (χ0n) is 16.2. The first kappa shape index (κ1) is 18.4. The second kappa shape index (κ2) is 7.68. The summed E-state index contributed by atoms with van der Waals surface area (Å²) in [6, 6.07) is 14.0. The Bertz CT molecular complexity index is 1150. The number of aryl methyl sites for hydroxylation is 1. The van der Waals surface area contributed by atoms with Gasteiger partial charge in [0.1, 0.15) is 17.7 Å². The lowest BCUT2D eigenvalue weighted by atomic mass is 10.1. The second-order valence-electron chi connectivity index (χ2n) is 7.03. The average Bonchev–Trinajstić information content (AvgIpc) is 3.40. The summed E-state index contributed by atoms with van der Waals surface area (Å²) in [5.41, 5.74) is 3.62. The van der Waals surface area contributed by atoms with Gasteiger partial charge in [-0.15, -0.1) is 5.10 Å². The fourth-order valence-corrected chi connectivity index (χ4v) is 3.25. The van der Waals surface area contributed by atoms with E-state index in [9.17, 15) is 4.39 Å². The third-order valence-electron chi connectivity index (χ3n) is 4.90. The van der Waals surface area contributed by atoms with Gasteiger partial charge in [-0.2, -0.15) is 4.98 Å². The van der Waals surface area contributed by atoms with Crippen LogP contribution in [0.25, 0.3) is 11.5 Å². The minimum atomic E-state index is -0.327. The molecule has 3 heterocycles. The number of aromatic nitrogens is 5. The van der Waals surface area contributed by atoms with E-state index in [1.807, 2.05) is 4.68 Å². The van der Waals surface area contributed by atoms with Crippen molar-refractivity contribution < 1.29 is 18.4 Å². The van der Waals surface area contributed by atoms with Crippen molar-refractivity contribution in [2.45, 2.75) is 32.8 Å². The normalized spacial score (nSPS) is 15.7. The van der Waals surface area contributed by atoms with Crippen molar-refractivity contribution in [3.05, 3.63) is 77.1 Å². The van der Waals surface area contributed by atoms with Crippen LogP contribution in [0.1, 0.15) is 28.8 Å². The Morgan fingerprint density at radius 1 is 1.13 bits per heavy atom. The lowest BCUT2D eigenvalue weighted by Gasteiger charge is -2.24. The number of nitrogens with zero attached hydrogens (tertiary/aromatic N) is 5. The Morgan fingerprint density at radius 3 is 2.73 bits per heavy atom. The minimum absolute atomic E-state index is 0.0636. The van der Waals surface area contributed by atoms with Gasteiger partial charge in [-0.25, -0.2) is 9.07 Å². The second-order valence-corrected chi connectivity index (χ2v) is 7.03. The summed E-state index contributed by atoms with van der Waals surface area (Å²) < 4.78 is 31.6. The van der Waals surface area contributed by atoms with Crippen molar-refractivity contribution in [3.8, 4) is 17.3 Å². The summed E-state index contributed by atoms with van der Waals surface area (Å²) >= 11 is 0. The molecule has 1 aliphatic rings. The average molecular weight is 407 g/mol. The lowest BCUT2D eigenvalue weighted by molar-refractivity contribution is -0.00112. The SMILES string of the molecule is Cc1ccc(C2Cn3nnc(-c4noc(COc5ccc(F)cc5)n4)c3CO2)cc1. The fraction of sp³-hybridized carbons (Fsp3) is 0.238.